The number of anilines is 2. The maximum atomic E-state index is 12.0. The molecule has 0 radical (unpaired) electrons. The summed E-state index contributed by atoms with van der Waals surface area (Å²) in [7, 11) is 0. The van der Waals surface area contributed by atoms with Gasteiger partial charge < -0.3 is 15.0 Å². The Morgan fingerprint density at radius 1 is 1.50 bits per heavy atom. The molecule has 0 aliphatic carbocycles. The van der Waals surface area contributed by atoms with Gasteiger partial charge in [-0.3, -0.25) is 9.59 Å². The van der Waals surface area contributed by atoms with Gasteiger partial charge >= 0.3 is 0 Å². The molecule has 2 aliphatic rings. The molecule has 0 unspecified atom stereocenters. The van der Waals surface area contributed by atoms with E-state index in [2.05, 4.69) is 5.32 Å². The van der Waals surface area contributed by atoms with Crippen LogP contribution in [0.4, 0.5) is 11.4 Å². The molecule has 106 valence electrons. The zero-order chi connectivity index (χ0) is 14.1. The fourth-order valence-electron chi connectivity index (χ4n) is 2.81. The molecule has 0 spiro atoms. The summed E-state index contributed by atoms with van der Waals surface area (Å²) in [6.45, 7) is 3.29. The van der Waals surface area contributed by atoms with Crippen molar-refractivity contribution in [3.8, 4) is 0 Å². The highest BCUT2D eigenvalue weighted by Crippen LogP contribution is 2.31. The van der Waals surface area contributed by atoms with Crippen LogP contribution in [0.15, 0.2) is 18.2 Å². The van der Waals surface area contributed by atoms with Crippen molar-refractivity contribution in [1.29, 1.82) is 0 Å². The molecule has 5 nitrogen and oxygen atoms in total. The third-order valence-corrected chi connectivity index (χ3v) is 3.82. The Kier molecular flexibility index (Phi) is 3.44. The summed E-state index contributed by atoms with van der Waals surface area (Å²) in [6, 6.07) is 5.62. The molecule has 1 aromatic carbocycles. The fraction of sp³-hybridized carbons (Fsp3) is 0.467. The largest absolute Gasteiger partial charge is 0.368 e. The number of carbonyl (C=O) groups excluding carboxylic acids is 2. The Bertz CT molecular complexity index is 550. The summed E-state index contributed by atoms with van der Waals surface area (Å²) in [5.74, 6) is 0.0178. The molecule has 1 saturated heterocycles. The number of amides is 2. The van der Waals surface area contributed by atoms with Gasteiger partial charge in [-0.2, -0.15) is 0 Å². The van der Waals surface area contributed by atoms with Crippen molar-refractivity contribution in [2.24, 2.45) is 0 Å². The van der Waals surface area contributed by atoms with E-state index >= 15 is 0 Å². The van der Waals surface area contributed by atoms with E-state index in [4.69, 9.17) is 4.74 Å². The lowest BCUT2D eigenvalue weighted by molar-refractivity contribution is -0.124. The molecule has 2 aliphatic heterocycles. The van der Waals surface area contributed by atoms with Crippen LogP contribution >= 0.6 is 0 Å². The van der Waals surface area contributed by atoms with E-state index in [-0.39, 0.29) is 17.9 Å². The van der Waals surface area contributed by atoms with Crippen LogP contribution < -0.4 is 10.2 Å². The molecule has 1 aromatic rings. The summed E-state index contributed by atoms with van der Waals surface area (Å²) < 4.78 is 5.36. The molecule has 20 heavy (non-hydrogen) atoms. The van der Waals surface area contributed by atoms with Gasteiger partial charge in [0.25, 0.3) is 5.91 Å². The second kappa shape index (κ2) is 5.25. The van der Waals surface area contributed by atoms with Crippen LogP contribution in [0.2, 0.25) is 0 Å². The predicted molar refractivity (Wildman–Crippen MR) is 75.8 cm³/mol. The Hall–Kier alpha value is -1.88. The molecule has 1 fully saturated rings. The van der Waals surface area contributed by atoms with Gasteiger partial charge in [-0.15, -0.1) is 0 Å². The number of hydrogen-bond acceptors (Lipinski definition) is 3. The molecular formula is C15H18N2O3. The molecule has 2 amide bonds. The smallest absolute Gasteiger partial charge is 0.253 e. The van der Waals surface area contributed by atoms with Crippen LogP contribution in [0.25, 0.3) is 0 Å². The Morgan fingerprint density at radius 2 is 2.35 bits per heavy atom. The topological polar surface area (TPSA) is 58.6 Å². The Balaban J connectivity index is 1.75. The second-order valence-corrected chi connectivity index (χ2v) is 5.15. The first-order valence-electron chi connectivity index (χ1n) is 7.05. The number of benzene rings is 1. The van der Waals surface area contributed by atoms with Crippen molar-refractivity contribution in [2.45, 2.75) is 32.3 Å². The molecular weight excluding hydrogens is 256 g/mol. The summed E-state index contributed by atoms with van der Waals surface area (Å²) in [4.78, 5) is 25.6. The molecule has 0 aromatic heterocycles. The number of nitrogens with one attached hydrogen (secondary N) is 1. The first-order valence-corrected chi connectivity index (χ1v) is 7.05. The van der Waals surface area contributed by atoms with Crippen molar-refractivity contribution in [1.82, 2.24) is 0 Å². The number of carbonyl (C=O) groups is 2. The number of rotatable bonds is 3. The van der Waals surface area contributed by atoms with Crippen molar-refractivity contribution in [3.05, 3.63) is 23.8 Å². The highest BCUT2D eigenvalue weighted by atomic mass is 16.5. The number of hydrogen-bond donors (Lipinski definition) is 1. The van der Waals surface area contributed by atoms with Gasteiger partial charge in [0, 0.05) is 24.5 Å². The SMILES string of the molecule is CCN1C(=O)Cc2cc(NC(=O)[C@@H]3CCCO3)ccc21. The predicted octanol–water partition coefficient (Wildman–Crippen LogP) is 1.71. The third kappa shape index (κ3) is 2.29. The minimum atomic E-state index is -0.336. The second-order valence-electron chi connectivity index (χ2n) is 5.15. The standard InChI is InChI=1S/C15H18N2O3/c1-2-17-12-6-5-11(8-10(12)9-14(17)18)16-15(19)13-4-3-7-20-13/h5-6,8,13H,2-4,7,9H2,1H3,(H,16,19)/t13-/m0/s1. The van der Waals surface area contributed by atoms with Gasteiger partial charge in [0.05, 0.1) is 6.42 Å². The van der Waals surface area contributed by atoms with Crippen LogP contribution in [-0.2, 0) is 20.7 Å². The number of likely N-dealkylation sites (N-methyl/N-ethyl adjacent to an activating group) is 1. The molecule has 1 N–H and O–H groups in total. The lowest BCUT2D eigenvalue weighted by Crippen LogP contribution is -2.27. The van der Waals surface area contributed by atoms with Gasteiger partial charge in [-0.25, -0.2) is 0 Å². The Labute approximate surface area is 117 Å². The zero-order valence-electron chi connectivity index (χ0n) is 11.5. The monoisotopic (exact) mass is 274 g/mol. The minimum absolute atomic E-state index is 0.0980. The maximum absolute atomic E-state index is 12.0. The van der Waals surface area contributed by atoms with Gasteiger partial charge in [0.15, 0.2) is 0 Å². The zero-order valence-corrected chi connectivity index (χ0v) is 11.5. The van der Waals surface area contributed by atoms with Gasteiger partial charge in [0.2, 0.25) is 5.91 Å². The van der Waals surface area contributed by atoms with E-state index in [9.17, 15) is 9.59 Å². The highest BCUT2D eigenvalue weighted by Gasteiger charge is 2.27. The molecule has 0 saturated carbocycles. The first-order chi connectivity index (χ1) is 9.69. The fourth-order valence-corrected chi connectivity index (χ4v) is 2.81. The van der Waals surface area contributed by atoms with E-state index in [1.807, 2.05) is 25.1 Å². The van der Waals surface area contributed by atoms with Crippen molar-refractivity contribution >= 4 is 23.2 Å². The lowest BCUT2D eigenvalue weighted by Gasteiger charge is -2.15. The van der Waals surface area contributed by atoms with Crippen LogP contribution in [0.5, 0.6) is 0 Å². The maximum Gasteiger partial charge on any atom is 0.253 e. The van der Waals surface area contributed by atoms with E-state index in [0.29, 0.717) is 19.6 Å². The minimum Gasteiger partial charge on any atom is -0.368 e. The summed E-state index contributed by atoms with van der Waals surface area (Å²) in [5, 5.41) is 2.87. The van der Waals surface area contributed by atoms with E-state index in [1.54, 1.807) is 4.90 Å². The normalized spacial score (nSPS) is 21.1. The third-order valence-electron chi connectivity index (χ3n) is 3.82. The summed E-state index contributed by atoms with van der Waals surface area (Å²) in [5.41, 5.74) is 2.66. The number of fused-ring (bicyclic) bond motifs is 1. The van der Waals surface area contributed by atoms with Crippen LogP contribution in [0.1, 0.15) is 25.3 Å². The quantitative estimate of drug-likeness (QED) is 0.913. The number of nitrogens with zero attached hydrogens (tertiary/aromatic N) is 1. The molecule has 3 rings (SSSR count). The van der Waals surface area contributed by atoms with Crippen LogP contribution in [0.3, 0.4) is 0 Å². The molecule has 1 atom stereocenters. The van der Waals surface area contributed by atoms with Crippen molar-refractivity contribution in [2.75, 3.05) is 23.4 Å². The first kappa shape index (κ1) is 13.1. The number of ether oxygens (including phenoxy) is 1. The van der Waals surface area contributed by atoms with Crippen LogP contribution in [0, 0.1) is 0 Å². The van der Waals surface area contributed by atoms with E-state index in [0.717, 1.165) is 29.8 Å². The van der Waals surface area contributed by atoms with Gasteiger partial charge in [-0.1, -0.05) is 0 Å². The highest BCUT2D eigenvalue weighted by molar-refractivity contribution is 6.02. The Morgan fingerprint density at radius 3 is 3.05 bits per heavy atom. The molecule has 2 heterocycles. The van der Waals surface area contributed by atoms with Crippen molar-refractivity contribution in [3.63, 3.8) is 0 Å². The summed E-state index contributed by atoms with van der Waals surface area (Å²) >= 11 is 0. The van der Waals surface area contributed by atoms with E-state index in [1.165, 1.54) is 0 Å². The van der Waals surface area contributed by atoms with Crippen molar-refractivity contribution < 1.29 is 14.3 Å². The van der Waals surface area contributed by atoms with Gasteiger partial charge in [-0.05, 0) is 43.5 Å². The van der Waals surface area contributed by atoms with E-state index < -0.39 is 0 Å². The molecule has 5 heteroatoms. The average molecular weight is 274 g/mol. The molecule has 0 bridgehead atoms. The van der Waals surface area contributed by atoms with Crippen LogP contribution in [-0.4, -0.2) is 31.1 Å². The lowest BCUT2D eigenvalue weighted by atomic mass is 10.1. The summed E-state index contributed by atoms with van der Waals surface area (Å²) in [6.07, 6.45) is 1.78. The van der Waals surface area contributed by atoms with Gasteiger partial charge in [0.1, 0.15) is 6.10 Å². The average Bonchev–Trinajstić information content (AvgIpc) is 3.04.